The van der Waals surface area contributed by atoms with E-state index in [1.807, 2.05) is 44.2 Å². The highest BCUT2D eigenvalue weighted by atomic mass is 35.5. The Hall–Kier alpha value is -2.57. The Morgan fingerprint density at radius 3 is 2.48 bits per heavy atom. The van der Waals surface area contributed by atoms with Gasteiger partial charge >= 0.3 is 0 Å². The number of halogens is 1. The Balaban J connectivity index is 2.27. The molecule has 0 fully saturated rings. The van der Waals surface area contributed by atoms with Crippen molar-refractivity contribution in [1.82, 2.24) is 10.6 Å². The van der Waals surface area contributed by atoms with Gasteiger partial charge in [-0.25, -0.2) is 0 Å². The molecule has 1 aliphatic rings. The number of Topliss-reactive ketones (excluding diaryl/α,β-unsaturated/α-hetero) is 1. The van der Waals surface area contributed by atoms with Crippen LogP contribution in [-0.4, -0.2) is 24.1 Å². The number of carbonyl (C=O) groups is 1. The fourth-order valence-electron chi connectivity index (χ4n) is 3.33. The van der Waals surface area contributed by atoms with Crippen molar-refractivity contribution in [2.24, 2.45) is 0 Å². The van der Waals surface area contributed by atoms with E-state index in [0.29, 0.717) is 38.5 Å². The minimum absolute atomic E-state index is 0.0919. The van der Waals surface area contributed by atoms with E-state index in [2.05, 4.69) is 10.6 Å². The summed E-state index contributed by atoms with van der Waals surface area (Å²) in [5, 5.41) is 7.23. The minimum atomic E-state index is -0.544. The molecule has 0 bridgehead atoms. The first-order chi connectivity index (χ1) is 13.8. The predicted molar refractivity (Wildman–Crippen MR) is 119 cm³/mol. The number of methoxy groups -OCH3 is 1. The Labute approximate surface area is 181 Å². The van der Waals surface area contributed by atoms with E-state index in [1.54, 1.807) is 19.2 Å². The lowest BCUT2D eigenvalue weighted by Gasteiger charge is -2.33. The van der Waals surface area contributed by atoms with E-state index in [9.17, 15) is 4.79 Å². The normalized spacial score (nSPS) is 16.3. The van der Waals surface area contributed by atoms with Crippen molar-refractivity contribution in [2.75, 3.05) is 7.11 Å². The fraction of sp³-hybridized carbons (Fsp3) is 0.273. The molecule has 2 aromatic rings. The average molecular weight is 431 g/mol. The Kier molecular flexibility index (Phi) is 6.45. The summed E-state index contributed by atoms with van der Waals surface area (Å²) in [6.45, 7) is 5.39. The van der Waals surface area contributed by atoms with Crippen molar-refractivity contribution in [3.63, 3.8) is 0 Å². The summed E-state index contributed by atoms with van der Waals surface area (Å²) in [7, 11) is 1.56. The highest BCUT2D eigenvalue weighted by Crippen LogP contribution is 2.43. The maximum absolute atomic E-state index is 12.8. The van der Waals surface area contributed by atoms with E-state index in [0.717, 1.165) is 5.56 Å². The van der Waals surface area contributed by atoms with Crippen LogP contribution in [0, 0.1) is 0 Å². The second-order valence-electron chi connectivity index (χ2n) is 6.94. The number of benzene rings is 2. The van der Waals surface area contributed by atoms with E-state index in [1.165, 1.54) is 6.92 Å². The highest BCUT2D eigenvalue weighted by Gasteiger charge is 2.33. The molecule has 152 valence electrons. The fourth-order valence-corrected chi connectivity index (χ4v) is 3.76. The third-order valence-corrected chi connectivity index (χ3v) is 4.88. The summed E-state index contributed by atoms with van der Waals surface area (Å²) in [6.07, 6.45) is -0.101. The molecule has 5 nitrogen and oxygen atoms in total. The summed E-state index contributed by atoms with van der Waals surface area (Å²) in [5.41, 5.74) is 2.77. The van der Waals surface area contributed by atoms with Gasteiger partial charge in [-0.2, -0.15) is 0 Å². The first-order valence-electron chi connectivity index (χ1n) is 9.24. The van der Waals surface area contributed by atoms with Crippen LogP contribution in [0.15, 0.2) is 48.0 Å². The molecule has 1 atom stereocenters. The Morgan fingerprint density at radius 2 is 1.90 bits per heavy atom. The first-order valence-corrected chi connectivity index (χ1v) is 10.0. The van der Waals surface area contributed by atoms with Crippen LogP contribution in [0.4, 0.5) is 0 Å². The quantitative estimate of drug-likeness (QED) is 0.650. The van der Waals surface area contributed by atoms with Crippen LogP contribution in [0.3, 0.4) is 0 Å². The van der Waals surface area contributed by atoms with E-state index in [4.69, 9.17) is 33.3 Å². The zero-order valence-corrected chi connectivity index (χ0v) is 18.3. The lowest BCUT2D eigenvalue weighted by atomic mass is 9.90. The summed E-state index contributed by atoms with van der Waals surface area (Å²) < 4.78 is 11.6. The number of ketones is 1. The second-order valence-corrected chi connectivity index (χ2v) is 7.78. The SMILES string of the molecule is COc1cc(Cl)cc([C@@H]2NC(=S)NC(c3ccccc3)=C2C(C)=O)c1OC(C)C. The Morgan fingerprint density at radius 1 is 1.21 bits per heavy atom. The Bertz CT molecular complexity index is 974. The van der Waals surface area contributed by atoms with Crippen LogP contribution >= 0.6 is 23.8 Å². The molecular weight excluding hydrogens is 408 g/mol. The number of thiocarbonyl (C=S) groups is 1. The molecule has 0 amide bonds. The maximum atomic E-state index is 12.8. The van der Waals surface area contributed by atoms with Crippen LogP contribution in [0.1, 0.15) is 37.9 Å². The predicted octanol–water partition coefficient (Wildman–Crippen LogP) is 4.65. The molecule has 0 radical (unpaired) electrons. The van der Waals surface area contributed by atoms with Gasteiger partial charge in [-0.05, 0) is 44.6 Å². The van der Waals surface area contributed by atoms with Crippen LogP contribution in [0.5, 0.6) is 11.5 Å². The third kappa shape index (κ3) is 4.54. The van der Waals surface area contributed by atoms with Crippen molar-refractivity contribution in [2.45, 2.75) is 32.9 Å². The van der Waals surface area contributed by atoms with Crippen LogP contribution in [-0.2, 0) is 4.79 Å². The molecule has 2 N–H and O–H groups in total. The molecule has 7 heteroatoms. The summed E-state index contributed by atoms with van der Waals surface area (Å²) in [5.74, 6) is 0.933. The molecule has 1 aliphatic heterocycles. The van der Waals surface area contributed by atoms with Crippen LogP contribution < -0.4 is 20.1 Å². The minimum Gasteiger partial charge on any atom is -0.493 e. The highest BCUT2D eigenvalue weighted by molar-refractivity contribution is 7.80. The topological polar surface area (TPSA) is 59.6 Å². The molecule has 29 heavy (non-hydrogen) atoms. The van der Waals surface area contributed by atoms with E-state index < -0.39 is 6.04 Å². The smallest absolute Gasteiger partial charge is 0.171 e. The monoisotopic (exact) mass is 430 g/mol. The largest absolute Gasteiger partial charge is 0.493 e. The van der Waals surface area contributed by atoms with E-state index >= 15 is 0 Å². The number of rotatable bonds is 6. The molecule has 2 aromatic carbocycles. The van der Waals surface area contributed by atoms with Crippen LogP contribution in [0.25, 0.3) is 5.70 Å². The van der Waals surface area contributed by atoms with Crippen molar-refractivity contribution in [3.05, 3.63) is 64.2 Å². The molecule has 3 rings (SSSR count). The number of ether oxygens (including phenoxy) is 2. The maximum Gasteiger partial charge on any atom is 0.171 e. The molecule has 0 aliphatic carbocycles. The molecule has 0 spiro atoms. The zero-order valence-electron chi connectivity index (χ0n) is 16.7. The molecular formula is C22H23ClN2O3S. The van der Waals surface area contributed by atoms with Crippen LogP contribution in [0.2, 0.25) is 5.02 Å². The van der Waals surface area contributed by atoms with Gasteiger partial charge in [-0.3, -0.25) is 4.79 Å². The van der Waals surface area contributed by atoms with Gasteiger partial charge in [-0.15, -0.1) is 0 Å². The van der Waals surface area contributed by atoms with Gasteiger partial charge in [0.25, 0.3) is 0 Å². The number of carbonyl (C=O) groups excluding carboxylic acids is 1. The summed E-state index contributed by atoms with van der Waals surface area (Å²) in [6, 6.07) is 12.5. The number of hydrogen-bond donors (Lipinski definition) is 2. The van der Waals surface area contributed by atoms with Crippen molar-refractivity contribution in [1.29, 1.82) is 0 Å². The van der Waals surface area contributed by atoms with Gasteiger partial charge in [-0.1, -0.05) is 41.9 Å². The van der Waals surface area contributed by atoms with Gasteiger partial charge < -0.3 is 20.1 Å². The van der Waals surface area contributed by atoms with Crippen molar-refractivity contribution in [3.8, 4) is 11.5 Å². The van der Waals surface area contributed by atoms with Crippen molar-refractivity contribution >= 4 is 40.4 Å². The van der Waals surface area contributed by atoms with Gasteiger partial charge in [0.05, 0.1) is 25.0 Å². The molecule has 0 unspecified atom stereocenters. The molecule has 0 saturated carbocycles. The van der Waals surface area contributed by atoms with Gasteiger partial charge in [0.2, 0.25) is 0 Å². The van der Waals surface area contributed by atoms with Gasteiger partial charge in [0.15, 0.2) is 22.4 Å². The van der Waals surface area contributed by atoms with Crippen molar-refractivity contribution < 1.29 is 14.3 Å². The third-order valence-electron chi connectivity index (χ3n) is 4.45. The number of hydrogen-bond acceptors (Lipinski definition) is 4. The van der Waals surface area contributed by atoms with Gasteiger partial charge in [0.1, 0.15) is 0 Å². The first kappa shape index (κ1) is 21.1. The lowest BCUT2D eigenvalue weighted by Crippen LogP contribution is -2.44. The second kappa shape index (κ2) is 8.84. The molecule has 1 heterocycles. The zero-order chi connectivity index (χ0) is 21.1. The summed E-state index contributed by atoms with van der Waals surface area (Å²) >= 11 is 11.8. The lowest BCUT2D eigenvalue weighted by molar-refractivity contribution is -0.113. The molecule has 0 saturated heterocycles. The molecule has 0 aromatic heterocycles. The standard InChI is InChI=1S/C22H23ClN2O3S/c1-12(2)28-21-16(10-15(23)11-17(21)27-4)20-18(13(3)26)19(24-22(29)25-20)14-8-6-5-7-9-14/h5-12,20H,1-4H3,(H2,24,25,29)/t20-/m0/s1. The summed E-state index contributed by atoms with van der Waals surface area (Å²) in [4.78, 5) is 12.8. The van der Waals surface area contributed by atoms with E-state index in [-0.39, 0.29) is 11.9 Å². The van der Waals surface area contributed by atoms with Gasteiger partial charge in [0, 0.05) is 22.2 Å². The number of nitrogens with one attached hydrogen (secondary N) is 2. The average Bonchev–Trinajstić information content (AvgIpc) is 2.68.